The normalized spacial score (nSPS) is 11.5. The van der Waals surface area contributed by atoms with E-state index in [0.29, 0.717) is 0 Å². The highest BCUT2D eigenvalue weighted by Crippen LogP contribution is 2.24. The van der Waals surface area contributed by atoms with E-state index in [9.17, 15) is 44.9 Å². The van der Waals surface area contributed by atoms with E-state index in [-0.39, 0.29) is 0 Å². The predicted molar refractivity (Wildman–Crippen MR) is 48.1 cm³/mol. The van der Waals surface area contributed by atoms with Crippen molar-refractivity contribution in [3.8, 4) is 0 Å². The van der Waals surface area contributed by atoms with Crippen LogP contribution in [0.25, 0.3) is 0 Å². The van der Waals surface area contributed by atoms with E-state index in [4.69, 9.17) is 0 Å². The van der Waals surface area contributed by atoms with Gasteiger partial charge in [0.1, 0.15) is 6.54 Å². The first-order valence-electron chi connectivity index (χ1n) is 4.06. The van der Waals surface area contributed by atoms with Crippen molar-refractivity contribution in [1.29, 1.82) is 0 Å². The summed E-state index contributed by atoms with van der Waals surface area (Å²) in [4.78, 5) is 10.3. The van der Waals surface area contributed by atoms with E-state index in [2.05, 4.69) is 4.36 Å². The van der Waals surface area contributed by atoms with Crippen molar-refractivity contribution < 1.29 is 43.8 Å². The highest BCUT2D eigenvalue weighted by atomic mass is 32.2. The monoisotopic (exact) mass is 346 g/mol. The third kappa shape index (κ3) is 4.43. The minimum Gasteiger partial charge on any atom is -0.197 e. The van der Waals surface area contributed by atoms with Gasteiger partial charge in [0.05, 0.1) is 10.7 Å². The highest BCUT2D eigenvalue weighted by molar-refractivity contribution is 7.61. The number of nitro groups is 1. The quantitative estimate of drug-likeness (QED) is 0.145. The zero-order chi connectivity index (χ0) is 16.1. The van der Waals surface area contributed by atoms with Gasteiger partial charge in [0.15, 0.2) is 0 Å². The molecule has 0 aliphatic rings. The molecule has 0 saturated carbocycles. The molecule has 0 fully saturated rings. The average molecular weight is 346 g/mol. The third-order valence-corrected chi connectivity index (χ3v) is 2.74. The lowest BCUT2D eigenvalue weighted by Crippen LogP contribution is -2.57. The van der Waals surface area contributed by atoms with E-state index in [1.165, 1.54) is 0 Å². The molecule has 0 radical (unpaired) electrons. The van der Waals surface area contributed by atoms with Crippen LogP contribution in [0.4, 0.5) is 17.9 Å². The average Bonchev–Trinajstić information content (AvgIpc) is 2.26. The molecular weight excluding hydrogens is 342 g/mol. The molecule has 116 valence electrons. The Kier molecular flexibility index (Phi) is 6.55. The first-order chi connectivity index (χ1) is 9.04. The molecule has 0 aliphatic heterocycles. The van der Waals surface area contributed by atoms with Crippen molar-refractivity contribution in [2.45, 2.75) is 5.66 Å². The summed E-state index contributed by atoms with van der Waals surface area (Å²) in [6, 6.07) is 0. The minimum atomic E-state index is -3.95. The van der Waals surface area contributed by atoms with Crippen LogP contribution in [0, 0.1) is 10.1 Å². The smallest absolute Gasteiger partial charge is 0.197 e. The lowest BCUT2D eigenvalue weighted by molar-refractivity contribution is -1.08. The Morgan fingerprint density at radius 3 is 1.80 bits per heavy atom. The molecule has 0 aromatic heterocycles. The number of nitrogens with zero attached hydrogens (tertiary/aromatic N) is 5. The molecule has 0 unspecified atom stereocenters. The highest BCUT2D eigenvalue weighted by Gasteiger charge is 2.56. The van der Waals surface area contributed by atoms with Crippen LogP contribution < -0.4 is 0 Å². The molecule has 0 heterocycles. The minimum absolute atomic E-state index is 0.971. The van der Waals surface area contributed by atoms with E-state index in [1.807, 2.05) is 0 Å². The fourth-order valence-electron chi connectivity index (χ4n) is 0.859. The van der Waals surface area contributed by atoms with Crippen LogP contribution in [0.1, 0.15) is 0 Å². The molecule has 0 saturated heterocycles. The summed E-state index contributed by atoms with van der Waals surface area (Å²) in [5, 5.41) is 3.94. The number of hydrazine groups is 1. The van der Waals surface area contributed by atoms with Gasteiger partial charge in [0, 0.05) is 0 Å². The molecule has 20 heavy (non-hydrogen) atoms. The van der Waals surface area contributed by atoms with Crippen molar-refractivity contribution in [3.05, 3.63) is 10.1 Å². The van der Waals surface area contributed by atoms with Gasteiger partial charge in [-0.05, 0) is 0 Å². The number of rotatable bonds is 7. The maximum Gasteiger partial charge on any atom is 0.531 e. The predicted octanol–water partition coefficient (Wildman–Crippen LogP) is -0.846. The van der Waals surface area contributed by atoms with Gasteiger partial charge in [-0.15, -0.1) is 8.42 Å². The Balaban J connectivity index is 5.94. The standard InChI is InChI=1S/C3H4F4N5O6S2/c4-10(5)3(11(6)7,1-8-19(15)16)2-9(12(13)14)20(17)18/h1-2H2/q+1. The summed E-state index contributed by atoms with van der Waals surface area (Å²) in [6.45, 7) is -3.94. The Morgan fingerprint density at radius 2 is 1.55 bits per heavy atom. The summed E-state index contributed by atoms with van der Waals surface area (Å²) in [6.07, 6.45) is 0. The molecule has 0 rings (SSSR count). The van der Waals surface area contributed by atoms with Crippen molar-refractivity contribution in [3.63, 3.8) is 0 Å². The maximum absolute atomic E-state index is 12.5. The Hall–Kier alpha value is -1.72. The van der Waals surface area contributed by atoms with Crippen molar-refractivity contribution in [2.24, 2.45) is 4.36 Å². The lowest BCUT2D eigenvalue weighted by Gasteiger charge is -2.24. The van der Waals surface area contributed by atoms with Crippen LogP contribution in [0.15, 0.2) is 4.36 Å². The Labute approximate surface area is 109 Å². The number of hydrogen-bond acceptors (Lipinski definition) is 9. The summed E-state index contributed by atoms with van der Waals surface area (Å²) < 4.78 is 92.5. The summed E-state index contributed by atoms with van der Waals surface area (Å²) in [5.74, 6) is 0. The zero-order valence-corrected chi connectivity index (χ0v) is 10.6. The molecule has 0 N–H and O–H groups in total. The van der Waals surface area contributed by atoms with Crippen LogP contribution in [0.2, 0.25) is 0 Å². The molecule has 0 aromatic carbocycles. The van der Waals surface area contributed by atoms with E-state index < -0.39 is 59.5 Å². The summed E-state index contributed by atoms with van der Waals surface area (Å²) in [7, 11) is -7.13. The second-order valence-electron chi connectivity index (χ2n) is 2.92. The first kappa shape index (κ1) is 18.3. The van der Waals surface area contributed by atoms with Gasteiger partial charge in [-0.25, -0.2) is 0 Å². The molecular formula is C3H4F4N5O6S2+. The van der Waals surface area contributed by atoms with Gasteiger partial charge < -0.3 is 0 Å². The molecule has 0 amide bonds. The lowest BCUT2D eigenvalue weighted by atomic mass is 10.2. The molecule has 0 aliphatic carbocycles. The van der Waals surface area contributed by atoms with E-state index >= 15 is 0 Å². The first-order valence-corrected chi connectivity index (χ1v) is 6.12. The summed E-state index contributed by atoms with van der Waals surface area (Å²) in [5.41, 5.74) is -3.95. The van der Waals surface area contributed by atoms with Gasteiger partial charge in [-0.3, -0.25) is 0 Å². The van der Waals surface area contributed by atoms with Crippen molar-refractivity contribution >= 4 is 21.0 Å². The topological polar surface area (TPSA) is 133 Å². The number of halogens is 4. The Bertz CT molecular complexity index is 618. The van der Waals surface area contributed by atoms with Crippen LogP contribution in [-0.4, -0.2) is 55.4 Å². The second kappa shape index (κ2) is 7.17. The van der Waals surface area contributed by atoms with Crippen molar-refractivity contribution in [2.75, 3.05) is 13.1 Å². The summed E-state index contributed by atoms with van der Waals surface area (Å²) >= 11 is 0. The number of hydrogen-bond donors (Lipinski definition) is 0. The van der Waals surface area contributed by atoms with Crippen LogP contribution in [-0.2, 0) is 21.0 Å². The van der Waals surface area contributed by atoms with E-state index in [1.54, 1.807) is 0 Å². The van der Waals surface area contributed by atoms with Crippen molar-refractivity contribution in [1.82, 2.24) is 10.7 Å². The Morgan fingerprint density at radius 1 is 1.10 bits per heavy atom. The fraction of sp³-hybridized carbons (Fsp3) is 1.00. The molecule has 11 nitrogen and oxygen atoms in total. The van der Waals surface area contributed by atoms with E-state index in [0.717, 1.165) is 0 Å². The fourth-order valence-corrected chi connectivity index (χ4v) is 1.59. The van der Waals surface area contributed by atoms with Gasteiger partial charge in [0.25, 0.3) is 12.2 Å². The van der Waals surface area contributed by atoms with Gasteiger partial charge in [-0.1, -0.05) is 17.9 Å². The van der Waals surface area contributed by atoms with Gasteiger partial charge in [-0.2, -0.15) is 22.9 Å². The van der Waals surface area contributed by atoms with Crippen LogP contribution >= 0.6 is 0 Å². The van der Waals surface area contributed by atoms with Gasteiger partial charge >= 0.3 is 26.0 Å². The SMILES string of the molecule is O=[N+]([O-])[N+](CC(CN=S(=O)=O)(N(F)F)N(F)F)=S(=O)=O. The maximum atomic E-state index is 12.5. The molecule has 0 atom stereocenters. The molecule has 0 spiro atoms. The van der Waals surface area contributed by atoms with Gasteiger partial charge in [0.2, 0.25) is 4.05 Å². The second-order valence-corrected chi connectivity index (χ2v) is 4.47. The molecule has 0 aromatic rings. The molecule has 17 heteroatoms. The molecule has 0 bridgehead atoms. The van der Waals surface area contributed by atoms with Crippen LogP contribution in [0.3, 0.4) is 0 Å². The van der Waals surface area contributed by atoms with Crippen LogP contribution in [0.5, 0.6) is 0 Å². The third-order valence-electron chi connectivity index (χ3n) is 1.80. The zero-order valence-electron chi connectivity index (χ0n) is 8.93. The largest absolute Gasteiger partial charge is 0.531 e.